The molecule has 34 heavy (non-hydrogen) atoms. The van der Waals surface area contributed by atoms with Crippen LogP contribution in [0.25, 0.3) is 10.2 Å². The first-order valence-electron chi connectivity index (χ1n) is 10.3. The zero-order valence-electron chi connectivity index (χ0n) is 18.9. The average Bonchev–Trinajstić information content (AvgIpc) is 3.30. The molecule has 4 rings (SSSR count). The van der Waals surface area contributed by atoms with Crippen LogP contribution in [0.3, 0.4) is 0 Å². The van der Waals surface area contributed by atoms with E-state index in [2.05, 4.69) is 21.6 Å². The van der Waals surface area contributed by atoms with Crippen LogP contribution in [-0.4, -0.2) is 38.4 Å². The molecule has 0 aliphatic heterocycles. The highest BCUT2D eigenvalue weighted by atomic mass is 32.2. The Balaban J connectivity index is 1.36. The van der Waals surface area contributed by atoms with Crippen LogP contribution in [0.15, 0.2) is 70.1 Å². The van der Waals surface area contributed by atoms with Gasteiger partial charge in [0.2, 0.25) is 5.75 Å². The number of hydrazone groups is 1. The van der Waals surface area contributed by atoms with Crippen molar-refractivity contribution in [3.8, 4) is 17.2 Å². The number of ether oxygens (including phenoxy) is 3. The zero-order valence-corrected chi connectivity index (χ0v) is 20.5. The number of nitrogens with one attached hydrogen (secondary N) is 1. The maximum Gasteiger partial charge on any atom is 0.271 e. The van der Waals surface area contributed by atoms with Crippen LogP contribution in [0.1, 0.15) is 21.5 Å². The Hall–Kier alpha value is -3.56. The Labute approximate surface area is 205 Å². The van der Waals surface area contributed by atoms with Crippen LogP contribution in [0.2, 0.25) is 0 Å². The third-order valence-electron chi connectivity index (χ3n) is 4.96. The van der Waals surface area contributed by atoms with Crippen molar-refractivity contribution in [1.29, 1.82) is 0 Å². The Bertz CT molecular complexity index is 1290. The summed E-state index contributed by atoms with van der Waals surface area (Å²) < 4.78 is 18.3. The smallest absolute Gasteiger partial charge is 0.271 e. The molecule has 1 heterocycles. The molecule has 0 saturated carbocycles. The topological polar surface area (TPSA) is 82.0 Å². The van der Waals surface area contributed by atoms with E-state index in [0.29, 0.717) is 28.4 Å². The van der Waals surface area contributed by atoms with Gasteiger partial charge in [-0.25, -0.2) is 10.4 Å². The molecule has 0 fully saturated rings. The third kappa shape index (κ3) is 5.32. The lowest BCUT2D eigenvalue weighted by Gasteiger charge is -2.13. The maximum atomic E-state index is 12.5. The number of hydrogen-bond acceptors (Lipinski definition) is 8. The molecule has 174 valence electrons. The van der Waals surface area contributed by atoms with E-state index in [9.17, 15) is 4.79 Å². The van der Waals surface area contributed by atoms with Gasteiger partial charge >= 0.3 is 0 Å². The quantitative estimate of drug-likeness (QED) is 0.192. The number of carbonyl (C=O) groups excluding carboxylic acids is 1. The number of thiazole rings is 1. The highest BCUT2D eigenvalue weighted by Crippen LogP contribution is 2.39. The van der Waals surface area contributed by atoms with Crippen molar-refractivity contribution >= 4 is 45.4 Å². The van der Waals surface area contributed by atoms with Gasteiger partial charge < -0.3 is 14.2 Å². The third-order valence-corrected chi connectivity index (χ3v) is 7.21. The van der Waals surface area contributed by atoms with Crippen molar-refractivity contribution in [3.05, 3.63) is 77.4 Å². The van der Waals surface area contributed by atoms with E-state index in [1.807, 2.05) is 30.3 Å². The first kappa shape index (κ1) is 23.6. The molecule has 0 radical (unpaired) electrons. The van der Waals surface area contributed by atoms with Gasteiger partial charge in [-0.15, -0.1) is 11.3 Å². The van der Waals surface area contributed by atoms with Gasteiger partial charge in [0.1, 0.15) is 0 Å². The lowest BCUT2D eigenvalue weighted by molar-refractivity contribution is 0.0955. The van der Waals surface area contributed by atoms with E-state index < -0.39 is 0 Å². The number of carbonyl (C=O) groups is 1. The minimum atomic E-state index is -0.305. The summed E-state index contributed by atoms with van der Waals surface area (Å²) >= 11 is 3.37. The molecule has 1 N–H and O–H groups in total. The zero-order chi connectivity index (χ0) is 23.9. The fourth-order valence-electron chi connectivity index (χ4n) is 3.26. The van der Waals surface area contributed by atoms with Gasteiger partial charge in [-0.05, 0) is 42.0 Å². The first-order chi connectivity index (χ1) is 16.6. The number of aromatic nitrogens is 1. The number of fused-ring (bicyclic) bond motifs is 1. The summed E-state index contributed by atoms with van der Waals surface area (Å²) in [6, 6.07) is 19.1. The molecule has 7 nitrogen and oxygen atoms in total. The van der Waals surface area contributed by atoms with E-state index in [1.165, 1.54) is 25.1 Å². The molecule has 1 aromatic heterocycles. The van der Waals surface area contributed by atoms with Crippen molar-refractivity contribution in [2.24, 2.45) is 5.10 Å². The Morgan fingerprint density at radius 1 is 1.00 bits per heavy atom. The molecule has 0 aliphatic rings. The number of methoxy groups -OCH3 is 3. The predicted octanol–water partition coefficient (Wildman–Crippen LogP) is 5.38. The van der Waals surface area contributed by atoms with Crippen LogP contribution >= 0.6 is 23.1 Å². The Morgan fingerprint density at radius 2 is 1.76 bits per heavy atom. The second-order valence-corrected chi connectivity index (χ2v) is 9.31. The molecule has 0 aliphatic carbocycles. The Kier molecular flexibility index (Phi) is 7.66. The van der Waals surface area contributed by atoms with Gasteiger partial charge in [0.15, 0.2) is 15.8 Å². The predicted molar refractivity (Wildman–Crippen MR) is 137 cm³/mol. The molecule has 0 atom stereocenters. The van der Waals surface area contributed by atoms with Crippen molar-refractivity contribution in [3.63, 3.8) is 0 Å². The molecule has 0 saturated heterocycles. The van der Waals surface area contributed by atoms with Crippen LogP contribution in [-0.2, 0) is 5.75 Å². The lowest BCUT2D eigenvalue weighted by atomic mass is 10.1. The fourth-order valence-corrected chi connectivity index (χ4v) is 5.29. The fraction of sp³-hybridized carbons (Fsp3) is 0.160. The number of nitrogens with zero attached hydrogens (tertiary/aromatic N) is 2. The van der Waals surface area contributed by atoms with Crippen LogP contribution < -0.4 is 19.6 Å². The van der Waals surface area contributed by atoms with E-state index in [0.717, 1.165) is 21.2 Å². The summed E-state index contributed by atoms with van der Waals surface area (Å²) in [6.07, 6.45) is 1.50. The first-order valence-corrected chi connectivity index (χ1v) is 12.1. The van der Waals surface area contributed by atoms with Gasteiger partial charge in [-0.2, -0.15) is 5.10 Å². The minimum Gasteiger partial charge on any atom is -0.493 e. The summed E-state index contributed by atoms with van der Waals surface area (Å²) in [5.74, 6) is 1.94. The van der Waals surface area contributed by atoms with Gasteiger partial charge in [-0.3, -0.25) is 4.79 Å². The van der Waals surface area contributed by atoms with Crippen LogP contribution in [0, 0.1) is 0 Å². The summed E-state index contributed by atoms with van der Waals surface area (Å²) in [5.41, 5.74) is 5.84. The van der Waals surface area contributed by atoms with Crippen molar-refractivity contribution in [1.82, 2.24) is 10.4 Å². The van der Waals surface area contributed by atoms with Crippen molar-refractivity contribution in [2.45, 2.75) is 10.1 Å². The van der Waals surface area contributed by atoms with E-state index in [1.54, 1.807) is 54.5 Å². The number of rotatable bonds is 9. The van der Waals surface area contributed by atoms with Gasteiger partial charge in [0, 0.05) is 16.9 Å². The van der Waals surface area contributed by atoms with E-state index in [-0.39, 0.29) is 5.91 Å². The number of benzene rings is 3. The number of thioether (sulfide) groups is 1. The monoisotopic (exact) mass is 493 g/mol. The highest BCUT2D eigenvalue weighted by molar-refractivity contribution is 8.00. The summed E-state index contributed by atoms with van der Waals surface area (Å²) in [5, 5.41) is 4.06. The van der Waals surface area contributed by atoms with Gasteiger partial charge in [0.05, 0.1) is 37.8 Å². The maximum absolute atomic E-state index is 12.5. The van der Waals surface area contributed by atoms with Crippen LogP contribution in [0.4, 0.5) is 0 Å². The van der Waals surface area contributed by atoms with Crippen molar-refractivity contribution in [2.75, 3.05) is 21.3 Å². The van der Waals surface area contributed by atoms with Crippen LogP contribution in [0.5, 0.6) is 17.2 Å². The van der Waals surface area contributed by atoms with Crippen molar-refractivity contribution < 1.29 is 19.0 Å². The second kappa shape index (κ2) is 11.0. The molecule has 4 aromatic rings. The van der Waals surface area contributed by atoms with E-state index >= 15 is 0 Å². The highest BCUT2D eigenvalue weighted by Gasteiger charge is 2.14. The minimum absolute atomic E-state index is 0.305. The number of amides is 1. The molecule has 1 amide bonds. The normalized spacial score (nSPS) is 11.0. The number of para-hydroxylation sites is 1. The summed E-state index contributed by atoms with van der Waals surface area (Å²) in [4.78, 5) is 17.1. The summed E-state index contributed by atoms with van der Waals surface area (Å²) in [7, 11) is 4.62. The molecular weight excluding hydrogens is 470 g/mol. The lowest BCUT2D eigenvalue weighted by Crippen LogP contribution is -2.17. The van der Waals surface area contributed by atoms with Gasteiger partial charge in [-0.1, -0.05) is 36.0 Å². The molecule has 0 spiro atoms. The Morgan fingerprint density at radius 3 is 2.47 bits per heavy atom. The molecule has 0 bridgehead atoms. The van der Waals surface area contributed by atoms with E-state index in [4.69, 9.17) is 14.2 Å². The molecule has 0 unspecified atom stereocenters. The van der Waals surface area contributed by atoms with Gasteiger partial charge in [0.25, 0.3) is 5.91 Å². The molecule has 9 heteroatoms. The number of hydrogen-bond donors (Lipinski definition) is 1. The summed E-state index contributed by atoms with van der Waals surface area (Å²) in [6.45, 7) is 0. The SMILES string of the molecule is COc1ccc(C=NNC(=O)c2ccc(CSc3nc4ccccc4s3)cc2)c(OC)c1OC. The average molecular weight is 494 g/mol. The largest absolute Gasteiger partial charge is 0.493 e. The molecular formula is C25H23N3O4S2. The standard InChI is InChI=1S/C25H23N3O4S2/c1-30-20-13-12-18(22(31-2)23(20)32-3)14-26-28-24(29)17-10-8-16(9-11-17)15-33-25-27-19-6-4-5-7-21(19)34-25/h4-14H,15H2,1-3H3,(H,28,29). The molecule has 3 aromatic carbocycles. The second-order valence-electron chi connectivity index (χ2n) is 7.06.